The number of aryl methyl sites for hydroxylation is 5. The van der Waals surface area contributed by atoms with Gasteiger partial charge in [-0.1, -0.05) is 351 Å². The minimum absolute atomic E-state index is 0.0513. The molecule has 113 heavy (non-hydrogen) atoms. The van der Waals surface area contributed by atoms with E-state index in [0.717, 1.165) is 122 Å². The highest BCUT2D eigenvalue weighted by atomic mass is 16.5. The minimum atomic E-state index is -1.57. The lowest BCUT2D eigenvalue weighted by Gasteiger charge is -2.32. The van der Waals surface area contributed by atoms with Gasteiger partial charge >= 0.3 is 11.9 Å². The number of carbonyl (C=O) groups is 2. The molecular weight excluding hydrogens is 1410 g/mol. The van der Waals surface area contributed by atoms with Crippen LogP contribution < -0.4 is 4.90 Å². The number of fused-ring (bicyclic) bond motifs is 5. The molecule has 17 heteroatoms. The SMILES string of the molecule is CCCCCCCCCCCc1noc(-c2cccc(CN(Cc3cccc(-c4nc(CCCCCCCCCCC)no4)c3N(Cc3cccc(-c4nc(CCCCCCCCCCC)no4)c3)Cc3ccc4c(-c5nc(CCCCCCCCCCC)no5)c3CCc3cc-4ccc3-c3ccccc3)C(=O)C(=O)O)c2)n1. The molecule has 0 unspecified atom stereocenters. The topological polar surface area (TPSA) is 217 Å². The maximum absolute atomic E-state index is 14.7. The van der Waals surface area contributed by atoms with Crippen LogP contribution in [-0.2, 0) is 74.3 Å². The third-order valence-corrected chi connectivity index (χ3v) is 22.6. The lowest BCUT2D eigenvalue weighted by Crippen LogP contribution is -2.36. The van der Waals surface area contributed by atoms with Crippen LogP contribution in [0, 0.1) is 0 Å². The molecule has 10 aromatic rings. The van der Waals surface area contributed by atoms with Gasteiger partial charge in [-0.05, 0) is 124 Å². The summed E-state index contributed by atoms with van der Waals surface area (Å²) in [6.45, 7) is 9.51. The van der Waals surface area contributed by atoms with Crippen LogP contribution in [0.15, 0.2) is 145 Å². The number of benzene rings is 6. The zero-order chi connectivity index (χ0) is 78.4. The van der Waals surface area contributed by atoms with Gasteiger partial charge in [-0.15, -0.1) is 0 Å². The molecule has 0 fully saturated rings. The second-order valence-electron chi connectivity index (χ2n) is 31.8. The summed E-state index contributed by atoms with van der Waals surface area (Å²) < 4.78 is 25.0. The van der Waals surface area contributed by atoms with Crippen LogP contribution >= 0.6 is 0 Å². The Labute approximate surface area is 672 Å². The molecule has 0 saturated carbocycles. The second kappa shape index (κ2) is 46.7. The lowest BCUT2D eigenvalue weighted by atomic mass is 9.83. The van der Waals surface area contributed by atoms with Crippen molar-refractivity contribution in [2.45, 2.75) is 324 Å². The van der Waals surface area contributed by atoms with Gasteiger partial charge in [-0.25, -0.2) is 4.79 Å². The summed E-state index contributed by atoms with van der Waals surface area (Å²) in [6.07, 6.45) is 47.8. The van der Waals surface area contributed by atoms with Gasteiger partial charge in [0.25, 0.3) is 23.6 Å². The van der Waals surface area contributed by atoms with Gasteiger partial charge < -0.3 is 33.0 Å². The molecule has 4 bridgehead atoms. The molecule has 1 aliphatic rings. The van der Waals surface area contributed by atoms with E-state index in [-0.39, 0.29) is 13.1 Å². The zero-order valence-electron chi connectivity index (χ0n) is 68.5. The molecule has 602 valence electrons. The Morgan fingerprint density at radius 1 is 0.345 bits per heavy atom. The van der Waals surface area contributed by atoms with Crippen LogP contribution in [0.1, 0.15) is 316 Å². The number of hydrogen-bond donors (Lipinski definition) is 1. The number of carboxylic acids is 1. The van der Waals surface area contributed by atoms with Crippen molar-refractivity contribution in [1.82, 2.24) is 45.5 Å². The largest absolute Gasteiger partial charge is 0.474 e. The zero-order valence-corrected chi connectivity index (χ0v) is 68.5. The Morgan fingerprint density at radius 2 is 0.761 bits per heavy atom. The molecule has 0 atom stereocenters. The number of anilines is 1. The summed E-state index contributed by atoms with van der Waals surface area (Å²) >= 11 is 0. The Balaban J connectivity index is 0.971. The Morgan fingerprint density at radius 3 is 1.25 bits per heavy atom. The van der Waals surface area contributed by atoms with Crippen LogP contribution in [0.2, 0.25) is 0 Å². The van der Waals surface area contributed by atoms with E-state index in [4.69, 9.17) is 43.2 Å². The van der Waals surface area contributed by atoms with Crippen LogP contribution in [0.4, 0.5) is 5.69 Å². The predicted molar refractivity (Wildman–Crippen MR) is 453 cm³/mol. The molecule has 1 aliphatic carbocycles. The van der Waals surface area contributed by atoms with Crippen LogP contribution in [0.25, 0.3) is 68.1 Å². The maximum Gasteiger partial charge on any atom is 0.394 e. The average Bonchev–Trinajstić information content (AvgIpc) is 1.67. The first-order valence-corrected chi connectivity index (χ1v) is 43.9. The summed E-state index contributed by atoms with van der Waals surface area (Å²) in [6, 6.07) is 43.7. The van der Waals surface area contributed by atoms with Gasteiger partial charge in [0.05, 0.1) is 16.8 Å². The van der Waals surface area contributed by atoms with Gasteiger partial charge in [0.2, 0.25) is 0 Å². The fourth-order valence-electron chi connectivity index (χ4n) is 16.3. The molecule has 17 nitrogen and oxygen atoms in total. The quantitative estimate of drug-likeness (QED) is 0.0277. The Hall–Kier alpha value is -9.38. The van der Waals surface area contributed by atoms with Crippen LogP contribution in [-0.4, -0.2) is 62.4 Å². The summed E-state index contributed by atoms with van der Waals surface area (Å²) in [5, 5.41) is 29.2. The van der Waals surface area contributed by atoms with E-state index in [9.17, 15) is 14.7 Å². The van der Waals surface area contributed by atoms with Crippen LogP contribution in [0.3, 0.4) is 0 Å². The van der Waals surface area contributed by atoms with Crippen molar-refractivity contribution in [3.63, 3.8) is 0 Å². The van der Waals surface area contributed by atoms with Gasteiger partial charge in [-0.2, -0.15) is 19.9 Å². The standard InChI is InChI=1S/C96H126N10O7/c1-5-9-13-17-21-25-29-33-40-55-85-97-91(110-101-85)77-51-44-47-72(65-77)68-105(70-79-61-64-82-76-59-62-81(74-49-38-37-39-50-74)75(67-76)60-63-83(79)89(82)94-100-88(104-113-94)58-43-36-32-28-24-20-16-12-8-4)90-80(53-46-54-84(90)93-99-87(103-112-93)57-42-35-31-27-23-19-15-11-7-3)71-106(95(107)96(108)109)69-73-48-45-52-78(66-73)92-98-86(102-111-92)56-41-34-30-26-22-18-14-10-6-2/h37-39,44-54,59,61-62,64-67H,5-36,40-43,55-58,60,63,68-71H2,1-4H3,(H,108,109). The first-order chi connectivity index (χ1) is 55.7. The summed E-state index contributed by atoms with van der Waals surface area (Å²) in [7, 11) is 0. The number of carbonyl (C=O) groups excluding carboxylic acids is 1. The second-order valence-corrected chi connectivity index (χ2v) is 31.8. The lowest BCUT2D eigenvalue weighted by molar-refractivity contribution is -0.156. The minimum Gasteiger partial charge on any atom is -0.474 e. The molecule has 6 aromatic carbocycles. The third-order valence-electron chi connectivity index (χ3n) is 22.6. The number of para-hydroxylation sites is 1. The number of rotatable bonds is 54. The highest BCUT2D eigenvalue weighted by molar-refractivity contribution is 6.31. The number of aromatic nitrogens is 8. The highest BCUT2D eigenvalue weighted by Gasteiger charge is 2.31. The van der Waals surface area contributed by atoms with E-state index in [0.29, 0.717) is 107 Å². The number of amides is 1. The predicted octanol–water partition coefficient (Wildman–Crippen LogP) is 25.4. The number of carboxylic acid groups (broad SMARTS) is 1. The molecular formula is C96H126N10O7. The molecule has 1 N–H and O–H groups in total. The van der Waals surface area contributed by atoms with Crippen molar-refractivity contribution >= 4 is 17.6 Å². The van der Waals surface area contributed by atoms with E-state index >= 15 is 0 Å². The van der Waals surface area contributed by atoms with Gasteiger partial charge in [0.1, 0.15) is 0 Å². The third kappa shape index (κ3) is 26.1. The normalized spacial score (nSPS) is 11.9. The molecule has 1 amide bonds. The number of hydrogen-bond acceptors (Lipinski definition) is 15. The number of unbranched alkanes of at least 4 members (excludes halogenated alkanes) is 32. The Bertz CT molecular complexity index is 4460. The molecule has 0 saturated heterocycles. The van der Waals surface area contributed by atoms with Crippen LogP contribution in [0.5, 0.6) is 0 Å². The number of nitrogens with zero attached hydrogens (tertiary/aromatic N) is 10. The van der Waals surface area contributed by atoms with Gasteiger partial charge in [0, 0.05) is 63.0 Å². The molecule has 11 rings (SSSR count). The molecule has 4 heterocycles. The van der Waals surface area contributed by atoms with Crippen molar-refractivity contribution in [2.75, 3.05) is 4.90 Å². The smallest absolute Gasteiger partial charge is 0.394 e. The fraction of sp³-hybridized carbons (Fsp3) is 0.521. The first kappa shape index (κ1) is 84.5. The summed E-state index contributed by atoms with van der Waals surface area (Å²) in [5.74, 6) is 1.65. The van der Waals surface area contributed by atoms with Crippen molar-refractivity contribution in [1.29, 1.82) is 0 Å². The van der Waals surface area contributed by atoms with Crippen molar-refractivity contribution in [2.24, 2.45) is 0 Å². The Kier molecular flexibility index (Phi) is 34.9. The maximum atomic E-state index is 14.7. The van der Waals surface area contributed by atoms with E-state index in [1.807, 2.05) is 54.6 Å². The monoisotopic (exact) mass is 1530 g/mol. The van der Waals surface area contributed by atoms with E-state index in [2.05, 4.69) is 121 Å². The highest BCUT2D eigenvalue weighted by Crippen LogP contribution is 2.44. The first-order valence-electron chi connectivity index (χ1n) is 43.9. The van der Waals surface area contributed by atoms with Crippen molar-refractivity contribution in [3.8, 4) is 68.1 Å². The summed E-state index contributed by atoms with van der Waals surface area (Å²) in [5.41, 5.74) is 13.8. The van der Waals surface area contributed by atoms with Gasteiger partial charge in [0.15, 0.2) is 23.3 Å². The van der Waals surface area contributed by atoms with E-state index in [1.165, 1.54) is 189 Å². The van der Waals surface area contributed by atoms with Crippen molar-refractivity contribution < 1.29 is 32.8 Å². The molecule has 0 radical (unpaired) electrons. The average molecular weight is 1530 g/mol. The summed E-state index contributed by atoms with van der Waals surface area (Å²) in [4.78, 5) is 52.1. The molecule has 4 aromatic heterocycles. The van der Waals surface area contributed by atoms with Crippen molar-refractivity contribution in [3.05, 3.63) is 184 Å². The number of aliphatic carboxylic acids is 1. The molecule has 0 aliphatic heterocycles. The van der Waals surface area contributed by atoms with E-state index < -0.39 is 11.9 Å². The van der Waals surface area contributed by atoms with E-state index in [1.54, 1.807) is 0 Å². The van der Waals surface area contributed by atoms with Gasteiger partial charge in [-0.3, -0.25) is 4.79 Å². The molecule has 0 spiro atoms. The fourth-order valence-corrected chi connectivity index (χ4v) is 16.3.